The van der Waals surface area contributed by atoms with Gasteiger partial charge in [0.1, 0.15) is 12.2 Å². The SMILES string of the molecule is O=C(O)CC(=O)C1CCOCC1. The van der Waals surface area contributed by atoms with Gasteiger partial charge in [-0.15, -0.1) is 0 Å². The maximum atomic E-state index is 11.2. The number of carbonyl (C=O) groups excluding carboxylic acids is 1. The summed E-state index contributed by atoms with van der Waals surface area (Å²) in [7, 11) is 0. The summed E-state index contributed by atoms with van der Waals surface area (Å²) in [6.07, 6.45) is 1.00. The summed E-state index contributed by atoms with van der Waals surface area (Å²) in [5, 5.41) is 8.36. The first kappa shape index (κ1) is 9.19. The largest absolute Gasteiger partial charge is 0.481 e. The van der Waals surface area contributed by atoms with Crippen molar-refractivity contribution >= 4 is 11.8 Å². The van der Waals surface area contributed by atoms with Crippen LogP contribution in [0.2, 0.25) is 0 Å². The minimum absolute atomic E-state index is 0.0881. The van der Waals surface area contributed by atoms with E-state index in [9.17, 15) is 9.59 Å². The number of hydrogen-bond acceptors (Lipinski definition) is 3. The standard InChI is InChI=1S/C8H12O4/c9-7(5-8(10)11)6-1-3-12-4-2-6/h6H,1-5H2,(H,10,11). The fraction of sp³-hybridized carbons (Fsp3) is 0.750. The van der Waals surface area contributed by atoms with Crippen molar-refractivity contribution in [2.45, 2.75) is 19.3 Å². The van der Waals surface area contributed by atoms with Crippen LogP contribution in [0.4, 0.5) is 0 Å². The minimum Gasteiger partial charge on any atom is -0.481 e. The van der Waals surface area contributed by atoms with Crippen molar-refractivity contribution in [2.75, 3.05) is 13.2 Å². The molecule has 0 unspecified atom stereocenters. The monoisotopic (exact) mass is 172 g/mol. The zero-order valence-corrected chi connectivity index (χ0v) is 6.78. The van der Waals surface area contributed by atoms with Crippen LogP contribution in [0.5, 0.6) is 0 Å². The summed E-state index contributed by atoms with van der Waals surface area (Å²) in [5.74, 6) is -1.29. The first-order chi connectivity index (χ1) is 5.70. The number of ether oxygens (including phenoxy) is 1. The zero-order valence-electron chi connectivity index (χ0n) is 6.78. The molecule has 0 aromatic heterocycles. The highest BCUT2D eigenvalue weighted by molar-refractivity contribution is 5.96. The molecule has 1 aliphatic rings. The summed E-state index contributed by atoms with van der Waals surface area (Å²) in [4.78, 5) is 21.4. The minimum atomic E-state index is -1.04. The summed E-state index contributed by atoms with van der Waals surface area (Å²) in [6.45, 7) is 1.16. The molecule has 68 valence electrons. The van der Waals surface area contributed by atoms with Crippen molar-refractivity contribution in [1.29, 1.82) is 0 Å². The Labute approximate surface area is 70.5 Å². The molecule has 0 bridgehead atoms. The Morgan fingerprint density at radius 3 is 2.42 bits per heavy atom. The average Bonchev–Trinajstić information content (AvgIpc) is 2.05. The molecule has 1 saturated heterocycles. The lowest BCUT2D eigenvalue weighted by atomic mass is 9.94. The average molecular weight is 172 g/mol. The molecule has 1 heterocycles. The van der Waals surface area contributed by atoms with Crippen LogP contribution in [-0.2, 0) is 14.3 Å². The number of carboxylic acids is 1. The van der Waals surface area contributed by atoms with Crippen LogP contribution in [0.1, 0.15) is 19.3 Å². The van der Waals surface area contributed by atoms with Gasteiger partial charge < -0.3 is 9.84 Å². The number of ketones is 1. The van der Waals surface area contributed by atoms with Gasteiger partial charge in [0.15, 0.2) is 0 Å². The van der Waals surface area contributed by atoms with E-state index in [1.165, 1.54) is 0 Å². The Morgan fingerprint density at radius 2 is 1.92 bits per heavy atom. The van der Waals surface area contributed by atoms with Gasteiger partial charge in [-0.05, 0) is 12.8 Å². The second-order valence-electron chi connectivity index (χ2n) is 2.92. The normalized spacial score (nSPS) is 19.0. The number of carboxylic acid groups (broad SMARTS) is 1. The molecule has 1 fully saturated rings. The molecular formula is C8H12O4. The molecule has 12 heavy (non-hydrogen) atoms. The van der Waals surface area contributed by atoms with E-state index in [1.54, 1.807) is 0 Å². The first-order valence-corrected chi connectivity index (χ1v) is 4.02. The topological polar surface area (TPSA) is 63.6 Å². The number of rotatable bonds is 3. The Kier molecular flexibility index (Phi) is 3.22. The van der Waals surface area contributed by atoms with Crippen LogP contribution >= 0.6 is 0 Å². The molecular weight excluding hydrogens is 160 g/mol. The van der Waals surface area contributed by atoms with Crippen molar-refractivity contribution in [1.82, 2.24) is 0 Å². The quantitative estimate of drug-likeness (QED) is 0.628. The molecule has 0 spiro atoms. The molecule has 0 amide bonds. The van der Waals surface area contributed by atoms with Crippen LogP contribution in [0.3, 0.4) is 0 Å². The molecule has 0 aliphatic carbocycles. The predicted molar refractivity (Wildman–Crippen MR) is 40.8 cm³/mol. The maximum absolute atomic E-state index is 11.2. The number of hydrogen-bond donors (Lipinski definition) is 1. The van der Waals surface area contributed by atoms with Crippen molar-refractivity contribution in [3.05, 3.63) is 0 Å². The molecule has 1 N–H and O–H groups in total. The fourth-order valence-electron chi connectivity index (χ4n) is 1.31. The van der Waals surface area contributed by atoms with E-state index >= 15 is 0 Å². The van der Waals surface area contributed by atoms with E-state index in [4.69, 9.17) is 9.84 Å². The van der Waals surface area contributed by atoms with Gasteiger partial charge in [-0.2, -0.15) is 0 Å². The molecule has 4 heteroatoms. The summed E-state index contributed by atoms with van der Waals surface area (Å²) < 4.78 is 5.06. The molecule has 0 aromatic rings. The highest BCUT2D eigenvalue weighted by Gasteiger charge is 2.22. The Bertz CT molecular complexity index is 181. The van der Waals surface area contributed by atoms with E-state index in [-0.39, 0.29) is 18.1 Å². The molecule has 1 aliphatic heterocycles. The summed E-state index contributed by atoms with van der Waals surface area (Å²) in [6, 6.07) is 0. The Hall–Kier alpha value is -0.900. The van der Waals surface area contributed by atoms with E-state index in [0.29, 0.717) is 26.1 Å². The second-order valence-corrected chi connectivity index (χ2v) is 2.92. The van der Waals surface area contributed by atoms with Crippen LogP contribution in [0.25, 0.3) is 0 Å². The van der Waals surface area contributed by atoms with Crippen molar-refractivity contribution in [2.24, 2.45) is 5.92 Å². The van der Waals surface area contributed by atoms with E-state index in [0.717, 1.165) is 0 Å². The number of aliphatic carboxylic acids is 1. The fourth-order valence-corrected chi connectivity index (χ4v) is 1.31. The molecule has 0 atom stereocenters. The summed E-state index contributed by atoms with van der Waals surface area (Å²) >= 11 is 0. The second kappa shape index (κ2) is 4.21. The molecule has 4 nitrogen and oxygen atoms in total. The lowest BCUT2D eigenvalue weighted by Crippen LogP contribution is -2.25. The van der Waals surface area contributed by atoms with Gasteiger partial charge in [-0.3, -0.25) is 9.59 Å². The van der Waals surface area contributed by atoms with Crippen LogP contribution in [0.15, 0.2) is 0 Å². The first-order valence-electron chi connectivity index (χ1n) is 4.02. The van der Waals surface area contributed by atoms with Crippen LogP contribution in [-0.4, -0.2) is 30.1 Å². The van der Waals surface area contributed by atoms with Gasteiger partial charge in [0.05, 0.1) is 0 Å². The molecule has 1 rings (SSSR count). The van der Waals surface area contributed by atoms with Crippen molar-refractivity contribution in [3.8, 4) is 0 Å². The van der Waals surface area contributed by atoms with Crippen molar-refractivity contribution in [3.63, 3.8) is 0 Å². The van der Waals surface area contributed by atoms with Gasteiger partial charge in [0, 0.05) is 19.1 Å². The van der Waals surface area contributed by atoms with Crippen LogP contribution in [0, 0.1) is 5.92 Å². The highest BCUT2D eigenvalue weighted by Crippen LogP contribution is 2.16. The number of carbonyl (C=O) groups is 2. The smallest absolute Gasteiger partial charge is 0.310 e. The molecule has 0 aromatic carbocycles. The maximum Gasteiger partial charge on any atom is 0.310 e. The van der Waals surface area contributed by atoms with Gasteiger partial charge in [0.2, 0.25) is 0 Å². The van der Waals surface area contributed by atoms with Gasteiger partial charge in [0.25, 0.3) is 0 Å². The van der Waals surface area contributed by atoms with Gasteiger partial charge in [-0.1, -0.05) is 0 Å². The lowest BCUT2D eigenvalue weighted by Gasteiger charge is -2.19. The molecule has 0 radical (unpaired) electrons. The zero-order chi connectivity index (χ0) is 8.97. The lowest BCUT2D eigenvalue weighted by molar-refractivity contribution is -0.142. The third-order valence-electron chi connectivity index (χ3n) is 2.00. The third kappa shape index (κ3) is 2.62. The molecule has 0 saturated carbocycles. The third-order valence-corrected chi connectivity index (χ3v) is 2.00. The summed E-state index contributed by atoms with van der Waals surface area (Å²) in [5.41, 5.74) is 0. The predicted octanol–water partition coefficient (Wildman–Crippen LogP) is 0.457. The van der Waals surface area contributed by atoms with Gasteiger partial charge >= 0.3 is 5.97 Å². The highest BCUT2D eigenvalue weighted by atomic mass is 16.5. The van der Waals surface area contributed by atoms with Crippen LogP contribution < -0.4 is 0 Å². The van der Waals surface area contributed by atoms with E-state index < -0.39 is 5.97 Å². The van der Waals surface area contributed by atoms with E-state index in [2.05, 4.69) is 0 Å². The van der Waals surface area contributed by atoms with E-state index in [1.807, 2.05) is 0 Å². The number of Topliss-reactive ketones (excluding diaryl/α,β-unsaturated/α-hetero) is 1. The Balaban J connectivity index is 2.34. The van der Waals surface area contributed by atoms with Gasteiger partial charge in [-0.25, -0.2) is 0 Å². The van der Waals surface area contributed by atoms with Crippen molar-refractivity contribution < 1.29 is 19.4 Å². The Morgan fingerprint density at radius 1 is 1.33 bits per heavy atom.